The van der Waals surface area contributed by atoms with Crippen molar-refractivity contribution in [2.24, 2.45) is 0 Å². The highest BCUT2D eigenvalue weighted by Crippen LogP contribution is 2.54. The van der Waals surface area contributed by atoms with E-state index in [0.717, 1.165) is 68.7 Å². The Kier molecular flexibility index (Phi) is 7.21. The fourth-order valence-electron chi connectivity index (χ4n) is 9.86. The van der Waals surface area contributed by atoms with E-state index in [1.54, 1.807) is 5.57 Å². The summed E-state index contributed by atoms with van der Waals surface area (Å²) in [6, 6.07) is 20.0. The van der Waals surface area contributed by atoms with Gasteiger partial charge in [0.15, 0.2) is 0 Å². The molecule has 2 aromatic carbocycles. The summed E-state index contributed by atoms with van der Waals surface area (Å²) in [7, 11) is 0. The normalized spacial score (nSPS) is 21.7. The maximum Gasteiger partial charge on any atom is 0.235 e. The lowest BCUT2D eigenvalue weighted by molar-refractivity contribution is 0.774. The first-order chi connectivity index (χ1) is 26.3. The first-order valence-corrected chi connectivity index (χ1v) is 19.5. The van der Waals surface area contributed by atoms with E-state index < -0.39 is 0 Å². The van der Waals surface area contributed by atoms with Crippen LogP contribution in [0.2, 0.25) is 0 Å². The van der Waals surface area contributed by atoms with E-state index >= 15 is 0 Å². The zero-order valence-corrected chi connectivity index (χ0v) is 29.9. The van der Waals surface area contributed by atoms with Gasteiger partial charge in [0, 0.05) is 17.4 Å². The zero-order chi connectivity index (χ0) is 34.9. The van der Waals surface area contributed by atoms with Crippen LogP contribution in [-0.4, -0.2) is 14.5 Å². The number of benzene rings is 2. The van der Waals surface area contributed by atoms with E-state index in [0.29, 0.717) is 5.92 Å². The molecule has 0 fully saturated rings. The largest absolute Gasteiger partial charge is 0.278 e. The van der Waals surface area contributed by atoms with Crippen LogP contribution in [0, 0.1) is 0 Å². The molecule has 0 amide bonds. The summed E-state index contributed by atoms with van der Waals surface area (Å²) < 4.78 is 2.48. The van der Waals surface area contributed by atoms with Crippen molar-refractivity contribution in [1.82, 2.24) is 14.5 Å². The van der Waals surface area contributed by atoms with Crippen LogP contribution in [0.5, 0.6) is 0 Å². The predicted octanol–water partition coefficient (Wildman–Crippen LogP) is 11.8. The third-order valence-electron chi connectivity index (χ3n) is 12.4. The van der Waals surface area contributed by atoms with Gasteiger partial charge in [-0.25, -0.2) is 9.97 Å². The molecule has 0 saturated heterocycles. The number of nitrogens with zero attached hydrogens (tertiary/aromatic N) is 3. The molecule has 53 heavy (non-hydrogen) atoms. The number of hydrogen-bond donors (Lipinski definition) is 0. The van der Waals surface area contributed by atoms with Crippen molar-refractivity contribution in [3.63, 3.8) is 0 Å². The maximum atomic E-state index is 5.57. The van der Waals surface area contributed by atoms with E-state index in [1.807, 2.05) is 0 Å². The quantitative estimate of drug-likeness (QED) is 0.210. The van der Waals surface area contributed by atoms with Gasteiger partial charge < -0.3 is 0 Å². The molecule has 4 aromatic rings. The van der Waals surface area contributed by atoms with Gasteiger partial charge in [0.25, 0.3) is 0 Å². The number of allylic oxidation sites excluding steroid dienone is 17. The lowest BCUT2D eigenvalue weighted by Gasteiger charge is -2.23. The Morgan fingerprint density at radius 2 is 1.62 bits per heavy atom. The number of rotatable bonds is 5. The van der Waals surface area contributed by atoms with Crippen molar-refractivity contribution in [2.75, 3.05) is 0 Å². The van der Waals surface area contributed by atoms with Crippen LogP contribution < -0.4 is 0 Å². The van der Waals surface area contributed by atoms with Crippen LogP contribution in [0.3, 0.4) is 0 Å². The first-order valence-electron chi connectivity index (χ1n) is 19.5. The highest BCUT2D eigenvalue weighted by atomic mass is 15.2. The molecule has 2 unspecified atom stereocenters. The van der Waals surface area contributed by atoms with Gasteiger partial charge in [-0.15, -0.1) is 0 Å². The second kappa shape index (κ2) is 12.4. The summed E-state index contributed by atoms with van der Waals surface area (Å²) >= 11 is 0. The Labute approximate surface area is 311 Å². The zero-order valence-electron chi connectivity index (χ0n) is 29.9. The molecule has 11 rings (SSSR count). The molecule has 2 aromatic heterocycles. The molecule has 7 aliphatic carbocycles. The topological polar surface area (TPSA) is 30.7 Å². The molecule has 3 nitrogen and oxygen atoms in total. The summed E-state index contributed by atoms with van der Waals surface area (Å²) in [6.45, 7) is 0. The number of hydrogen-bond acceptors (Lipinski definition) is 2. The Balaban J connectivity index is 1.09. The van der Waals surface area contributed by atoms with Gasteiger partial charge in [-0.3, -0.25) is 4.57 Å². The van der Waals surface area contributed by atoms with Gasteiger partial charge in [-0.2, -0.15) is 0 Å². The molecule has 2 atom stereocenters. The van der Waals surface area contributed by atoms with Crippen molar-refractivity contribution in [3.8, 4) is 5.95 Å². The molecule has 0 spiro atoms. The summed E-state index contributed by atoms with van der Waals surface area (Å²) in [4.78, 5) is 11.1. The van der Waals surface area contributed by atoms with Crippen LogP contribution in [0.15, 0.2) is 144 Å². The summed E-state index contributed by atoms with van der Waals surface area (Å²) in [5.74, 6) is 1.31. The number of fused-ring (bicyclic) bond motifs is 6. The maximum absolute atomic E-state index is 5.57. The minimum Gasteiger partial charge on any atom is -0.278 e. The molecule has 0 aliphatic heterocycles. The highest BCUT2D eigenvalue weighted by molar-refractivity contribution is 5.94. The minimum atomic E-state index is 0.190. The molecule has 0 radical (unpaired) electrons. The molecule has 7 aliphatic rings. The summed E-state index contributed by atoms with van der Waals surface area (Å²) in [5, 5.41) is 0. The van der Waals surface area contributed by atoms with Gasteiger partial charge in [0.2, 0.25) is 5.95 Å². The lowest BCUT2D eigenvalue weighted by atomic mass is 9.84. The fourth-order valence-corrected chi connectivity index (χ4v) is 9.86. The molecule has 0 bridgehead atoms. The smallest absolute Gasteiger partial charge is 0.235 e. The molecule has 2 heterocycles. The van der Waals surface area contributed by atoms with Crippen molar-refractivity contribution < 1.29 is 0 Å². The van der Waals surface area contributed by atoms with Crippen molar-refractivity contribution in [1.29, 1.82) is 0 Å². The minimum absolute atomic E-state index is 0.190. The summed E-state index contributed by atoms with van der Waals surface area (Å²) in [6.07, 6.45) is 40.5. The van der Waals surface area contributed by atoms with Gasteiger partial charge >= 0.3 is 0 Å². The Morgan fingerprint density at radius 1 is 0.698 bits per heavy atom. The third-order valence-corrected chi connectivity index (χ3v) is 12.4. The van der Waals surface area contributed by atoms with E-state index in [4.69, 9.17) is 9.97 Å². The molecule has 3 heteroatoms. The number of aromatic nitrogens is 3. The van der Waals surface area contributed by atoms with Crippen molar-refractivity contribution in [3.05, 3.63) is 200 Å². The molecule has 0 N–H and O–H groups in total. The molecule has 0 saturated carbocycles. The van der Waals surface area contributed by atoms with Crippen LogP contribution in [0.25, 0.3) is 34.8 Å². The van der Waals surface area contributed by atoms with Crippen LogP contribution >= 0.6 is 0 Å². The molecule has 256 valence electrons. The average molecular weight is 684 g/mol. The van der Waals surface area contributed by atoms with Crippen molar-refractivity contribution >= 4 is 28.9 Å². The highest BCUT2D eigenvalue weighted by Gasteiger charge is 2.40. The van der Waals surface area contributed by atoms with Crippen LogP contribution in [-0.2, 0) is 12.8 Å². The van der Waals surface area contributed by atoms with Gasteiger partial charge in [0.05, 0.1) is 22.8 Å². The van der Waals surface area contributed by atoms with E-state index in [-0.39, 0.29) is 5.92 Å². The van der Waals surface area contributed by atoms with E-state index in [1.165, 1.54) is 72.6 Å². The summed E-state index contributed by atoms with van der Waals surface area (Å²) in [5.41, 5.74) is 21.6. The predicted molar refractivity (Wildman–Crippen MR) is 218 cm³/mol. The Morgan fingerprint density at radius 3 is 2.47 bits per heavy atom. The SMILES string of the molecule is C1=CCC(C2=CCC(c3cc(C4=CC=C(c5ccccc5)CC4)nc(-n4c5c(c6c4C4=C(CC6)C6C=CC=Cc7cccc4c76)CCC=C5)n3)C=C2)=C1. The third kappa shape index (κ3) is 5.01. The first kappa shape index (κ1) is 30.8. The Hall–Kier alpha value is -5.80. The second-order valence-electron chi connectivity index (χ2n) is 15.3. The Bertz CT molecular complexity index is 2550. The molecular formula is C50H41N3. The standard InChI is InChI=1S/C50H41N3/c1-2-11-32(12-3-1)34-21-25-36(26-22-34)44-31-45(37-27-23-35(24-28-37)33-13-4-5-14-33)52-50(51-44)53-46-20-9-8-17-39(46)42-30-29-41-40-18-7-6-15-38-16-10-19-43(47(38)40)48(41)49(42)53/h1-7,9-13,15-16,18-21,23-25,27,31,37,40H,8,14,17,22,26,28-30H2. The lowest BCUT2D eigenvalue weighted by Crippen LogP contribution is -2.15. The van der Waals surface area contributed by atoms with Crippen LogP contribution in [0.4, 0.5) is 0 Å². The second-order valence-corrected chi connectivity index (χ2v) is 15.3. The van der Waals surface area contributed by atoms with E-state index in [2.05, 4.69) is 144 Å². The van der Waals surface area contributed by atoms with Gasteiger partial charge in [0.1, 0.15) is 0 Å². The van der Waals surface area contributed by atoms with Gasteiger partial charge in [-0.1, -0.05) is 128 Å². The van der Waals surface area contributed by atoms with Crippen molar-refractivity contribution in [2.45, 2.75) is 63.2 Å². The monoisotopic (exact) mass is 683 g/mol. The fraction of sp³-hybridized carbons (Fsp3) is 0.200. The average Bonchev–Trinajstić information content (AvgIpc) is 3.91. The van der Waals surface area contributed by atoms with E-state index in [9.17, 15) is 0 Å². The molecular weight excluding hydrogens is 643 g/mol. The van der Waals surface area contributed by atoms with Gasteiger partial charge in [-0.05, 0) is 125 Å². The van der Waals surface area contributed by atoms with Crippen LogP contribution in [0.1, 0.15) is 107 Å².